The van der Waals surface area contributed by atoms with Crippen LogP contribution in [-0.2, 0) is 9.59 Å². The summed E-state index contributed by atoms with van der Waals surface area (Å²) < 4.78 is 10.7. The first-order valence-electron chi connectivity index (χ1n) is 14.7. The van der Waals surface area contributed by atoms with Crippen LogP contribution in [0.2, 0.25) is 5.02 Å². The first-order chi connectivity index (χ1) is 22.8. The van der Waals surface area contributed by atoms with E-state index in [9.17, 15) is 14.4 Å². The zero-order chi connectivity index (χ0) is 33.3. The molecule has 4 N–H and O–H groups in total. The summed E-state index contributed by atoms with van der Waals surface area (Å²) >= 11 is 7.64. The molecule has 1 unspecified atom stereocenters. The minimum Gasteiger partial charge on any atom is -0.495 e. The van der Waals surface area contributed by atoms with Gasteiger partial charge in [-0.25, -0.2) is 0 Å². The second-order valence-corrected chi connectivity index (χ2v) is 12.0. The zero-order valence-electron chi connectivity index (χ0n) is 25.9. The van der Waals surface area contributed by atoms with E-state index in [2.05, 4.69) is 20.9 Å². The molecule has 0 bridgehead atoms. The fourth-order valence-electron chi connectivity index (χ4n) is 4.81. The van der Waals surface area contributed by atoms with Crippen LogP contribution in [0, 0.1) is 0 Å². The summed E-state index contributed by atoms with van der Waals surface area (Å²) in [5, 5.41) is 9.37. The molecule has 0 saturated carbocycles. The van der Waals surface area contributed by atoms with Gasteiger partial charge in [-0.15, -0.1) is 11.8 Å². The maximum atomic E-state index is 13.7. The van der Waals surface area contributed by atoms with Gasteiger partial charge in [-0.3, -0.25) is 14.4 Å². The van der Waals surface area contributed by atoms with Crippen molar-refractivity contribution in [3.63, 3.8) is 0 Å². The molecule has 0 spiro atoms. The van der Waals surface area contributed by atoms with Crippen molar-refractivity contribution >= 4 is 69.4 Å². The Labute approximate surface area is 281 Å². The number of aromatic amines is 1. The number of para-hydroxylation sites is 1. The van der Waals surface area contributed by atoms with E-state index in [4.69, 9.17) is 21.1 Å². The number of amides is 3. The number of carbonyl (C=O) groups excluding carboxylic acids is 3. The highest BCUT2D eigenvalue weighted by Gasteiger charge is 2.22. The summed E-state index contributed by atoms with van der Waals surface area (Å²) in [6.45, 7) is 1.91. The number of anilines is 2. The molecule has 0 saturated heterocycles. The number of benzene rings is 4. The minimum absolute atomic E-state index is 0.0691. The number of ether oxygens (including phenoxy) is 2. The number of aromatic nitrogens is 1. The van der Waals surface area contributed by atoms with E-state index in [0.29, 0.717) is 39.9 Å². The first-order valence-corrected chi connectivity index (χ1v) is 16.0. The lowest BCUT2D eigenvalue weighted by Gasteiger charge is -2.18. The maximum Gasteiger partial charge on any atom is 0.272 e. The Balaban J connectivity index is 1.34. The van der Waals surface area contributed by atoms with Gasteiger partial charge in [0.05, 0.1) is 30.2 Å². The Kier molecular flexibility index (Phi) is 10.9. The molecule has 5 rings (SSSR count). The second-order valence-electron chi connectivity index (χ2n) is 10.3. The normalized spacial score (nSPS) is 11.9. The molecular weight excluding hydrogens is 636 g/mol. The third-order valence-corrected chi connectivity index (χ3v) is 8.87. The lowest BCUT2D eigenvalue weighted by atomic mass is 10.1. The second kappa shape index (κ2) is 15.4. The smallest absolute Gasteiger partial charge is 0.272 e. The third-order valence-electron chi connectivity index (χ3n) is 7.22. The largest absolute Gasteiger partial charge is 0.495 e. The van der Waals surface area contributed by atoms with Gasteiger partial charge in [0.25, 0.3) is 11.8 Å². The first kappa shape index (κ1) is 33.2. The molecule has 0 aliphatic heterocycles. The number of fused-ring (bicyclic) bond motifs is 1. The van der Waals surface area contributed by atoms with Crippen LogP contribution >= 0.6 is 23.4 Å². The van der Waals surface area contributed by atoms with Crippen LogP contribution in [0.5, 0.6) is 11.5 Å². The van der Waals surface area contributed by atoms with Crippen molar-refractivity contribution in [2.45, 2.75) is 23.5 Å². The Hall–Kier alpha value is -5.19. The lowest BCUT2D eigenvalue weighted by molar-refractivity contribution is -0.116. The van der Waals surface area contributed by atoms with E-state index < -0.39 is 17.1 Å². The SMILES string of the molecule is CCC(Sc1cccc(NC(=O)/C(=C/c2c[nH]c3ccccc23)NC(=O)c2ccccc2)c1)C(=O)Nc1cc(Cl)c(OC)cc1OC. The summed E-state index contributed by atoms with van der Waals surface area (Å²) in [5.74, 6) is -0.308. The fourth-order valence-corrected chi connectivity index (χ4v) is 6.07. The molecule has 11 heteroatoms. The van der Waals surface area contributed by atoms with Gasteiger partial charge in [0.2, 0.25) is 5.91 Å². The Bertz CT molecular complexity index is 1940. The van der Waals surface area contributed by atoms with E-state index >= 15 is 0 Å². The van der Waals surface area contributed by atoms with Gasteiger partial charge in [0.15, 0.2) is 0 Å². The molecule has 9 nitrogen and oxygen atoms in total. The highest BCUT2D eigenvalue weighted by molar-refractivity contribution is 8.00. The van der Waals surface area contributed by atoms with Crippen LogP contribution in [0.3, 0.4) is 0 Å². The van der Waals surface area contributed by atoms with E-state index in [1.807, 2.05) is 43.3 Å². The number of carbonyl (C=O) groups is 3. The zero-order valence-corrected chi connectivity index (χ0v) is 27.5. The van der Waals surface area contributed by atoms with E-state index in [0.717, 1.165) is 21.4 Å². The number of hydrogen-bond donors (Lipinski definition) is 4. The Morgan fingerprint density at radius 1 is 0.894 bits per heavy atom. The molecule has 5 aromatic rings. The van der Waals surface area contributed by atoms with Gasteiger partial charge in [0.1, 0.15) is 17.2 Å². The van der Waals surface area contributed by atoms with Crippen molar-refractivity contribution in [3.05, 3.63) is 119 Å². The van der Waals surface area contributed by atoms with Gasteiger partial charge >= 0.3 is 0 Å². The van der Waals surface area contributed by atoms with Crippen molar-refractivity contribution in [1.29, 1.82) is 0 Å². The molecule has 1 heterocycles. The van der Waals surface area contributed by atoms with Gasteiger partial charge in [-0.1, -0.05) is 61.0 Å². The average Bonchev–Trinajstić information content (AvgIpc) is 3.50. The van der Waals surface area contributed by atoms with Crippen molar-refractivity contribution in [3.8, 4) is 11.5 Å². The van der Waals surface area contributed by atoms with Crippen LogP contribution in [0.1, 0.15) is 29.3 Å². The minimum atomic E-state index is -0.505. The summed E-state index contributed by atoms with van der Waals surface area (Å²) in [6.07, 6.45) is 3.96. The number of H-pyrrole nitrogens is 1. The summed E-state index contributed by atoms with van der Waals surface area (Å²) in [5.41, 5.74) is 3.06. The van der Waals surface area contributed by atoms with E-state index in [1.165, 1.54) is 26.0 Å². The van der Waals surface area contributed by atoms with Crippen LogP contribution < -0.4 is 25.4 Å². The fraction of sp³-hybridized carbons (Fsp3) is 0.139. The molecule has 240 valence electrons. The van der Waals surface area contributed by atoms with E-state index in [1.54, 1.807) is 66.9 Å². The molecule has 47 heavy (non-hydrogen) atoms. The summed E-state index contributed by atoms with van der Waals surface area (Å²) in [4.78, 5) is 44.0. The standard InChI is InChI=1S/C36H33ClN4O5S/c1-4-33(36(44)40-29-19-27(37)31(45-2)20-32(29)46-3)47-25-14-10-13-24(18-25)39-35(43)30(41-34(42)22-11-6-5-7-12-22)17-23-21-38-28-16-9-8-15-26(23)28/h5-21,33,38H,4H2,1-3H3,(H,39,43)(H,40,44)(H,41,42)/b30-17-. The number of nitrogens with one attached hydrogen (secondary N) is 4. The van der Waals surface area contributed by atoms with Crippen molar-refractivity contribution in [2.75, 3.05) is 24.9 Å². The molecule has 1 aromatic heterocycles. The van der Waals surface area contributed by atoms with Crippen molar-refractivity contribution in [1.82, 2.24) is 10.3 Å². The van der Waals surface area contributed by atoms with Gasteiger partial charge in [-0.2, -0.15) is 0 Å². The number of halogens is 1. The number of rotatable bonds is 12. The third kappa shape index (κ3) is 8.16. The van der Waals surface area contributed by atoms with Gasteiger partial charge in [-0.05, 0) is 55.0 Å². The molecule has 4 aromatic carbocycles. The predicted molar refractivity (Wildman–Crippen MR) is 188 cm³/mol. The average molecular weight is 669 g/mol. The molecule has 0 aliphatic rings. The van der Waals surface area contributed by atoms with Gasteiger partial charge in [0, 0.05) is 44.9 Å². The van der Waals surface area contributed by atoms with Crippen LogP contribution in [0.4, 0.5) is 11.4 Å². The van der Waals surface area contributed by atoms with Crippen molar-refractivity contribution < 1.29 is 23.9 Å². The molecule has 3 amide bonds. The Morgan fingerprint density at radius 3 is 2.38 bits per heavy atom. The monoisotopic (exact) mass is 668 g/mol. The van der Waals surface area contributed by atoms with Crippen LogP contribution in [0.25, 0.3) is 17.0 Å². The molecule has 0 radical (unpaired) electrons. The molecule has 1 atom stereocenters. The van der Waals surface area contributed by atoms with E-state index in [-0.39, 0.29) is 11.6 Å². The Morgan fingerprint density at radius 2 is 1.64 bits per heavy atom. The maximum absolute atomic E-state index is 13.7. The molecule has 0 fully saturated rings. The topological polar surface area (TPSA) is 122 Å². The highest BCUT2D eigenvalue weighted by Crippen LogP contribution is 2.37. The highest BCUT2D eigenvalue weighted by atomic mass is 35.5. The lowest BCUT2D eigenvalue weighted by Crippen LogP contribution is -2.30. The summed E-state index contributed by atoms with van der Waals surface area (Å²) in [6, 6.07) is 26.8. The predicted octanol–water partition coefficient (Wildman–Crippen LogP) is 7.76. The summed E-state index contributed by atoms with van der Waals surface area (Å²) in [7, 11) is 3.00. The quantitative estimate of drug-likeness (QED) is 0.0797. The van der Waals surface area contributed by atoms with Crippen LogP contribution in [0.15, 0.2) is 108 Å². The number of methoxy groups -OCH3 is 2. The van der Waals surface area contributed by atoms with Crippen LogP contribution in [-0.4, -0.2) is 42.2 Å². The molecular formula is C36H33ClN4O5S. The molecule has 0 aliphatic carbocycles. The number of hydrogen-bond acceptors (Lipinski definition) is 6. The number of thioether (sulfide) groups is 1. The van der Waals surface area contributed by atoms with Gasteiger partial charge < -0.3 is 30.4 Å². The van der Waals surface area contributed by atoms with Crippen molar-refractivity contribution in [2.24, 2.45) is 0 Å².